The van der Waals surface area contributed by atoms with Gasteiger partial charge in [-0.15, -0.1) is 0 Å². The summed E-state index contributed by atoms with van der Waals surface area (Å²) in [6.45, 7) is 0.522. The fraction of sp³-hybridized carbons (Fsp3) is 0.500. The summed E-state index contributed by atoms with van der Waals surface area (Å²) in [6, 6.07) is 5.89. The standard InChI is InChI=1S/C16H21N3O2/c1-18-13-8-7-11(9-14(13)19(2)16(18)21)10-17-15(20)12-5-3-4-6-12/h7-9,12H,3-6,10H2,1-2H3,(H,17,20). The molecule has 2 aromatic rings. The van der Waals surface area contributed by atoms with Crippen LogP contribution in [0.15, 0.2) is 23.0 Å². The van der Waals surface area contributed by atoms with Gasteiger partial charge in [-0.2, -0.15) is 0 Å². The van der Waals surface area contributed by atoms with Crippen molar-refractivity contribution in [2.45, 2.75) is 32.2 Å². The molecule has 1 amide bonds. The molecule has 0 aliphatic heterocycles. The minimum absolute atomic E-state index is 0.0304. The fourth-order valence-electron chi connectivity index (χ4n) is 3.18. The van der Waals surface area contributed by atoms with Crippen molar-refractivity contribution in [3.05, 3.63) is 34.2 Å². The maximum atomic E-state index is 12.0. The highest BCUT2D eigenvalue weighted by Crippen LogP contribution is 2.24. The molecule has 1 aliphatic carbocycles. The highest BCUT2D eigenvalue weighted by molar-refractivity contribution is 5.79. The number of aromatic nitrogens is 2. The van der Waals surface area contributed by atoms with Gasteiger partial charge in [0.2, 0.25) is 5.91 Å². The number of nitrogens with zero attached hydrogens (tertiary/aromatic N) is 2. The first-order valence-electron chi connectivity index (χ1n) is 7.50. The van der Waals surface area contributed by atoms with Crippen LogP contribution in [0.25, 0.3) is 11.0 Å². The summed E-state index contributed by atoms with van der Waals surface area (Å²) in [6.07, 6.45) is 4.35. The third kappa shape index (κ3) is 2.48. The predicted octanol–water partition coefficient (Wildman–Crippen LogP) is 1.68. The van der Waals surface area contributed by atoms with E-state index in [1.54, 1.807) is 23.2 Å². The molecule has 0 bridgehead atoms. The number of carbonyl (C=O) groups excluding carboxylic acids is 1. The smallest absolute Gasteiger partial charge is 0.328 e. The quantitative estimate of drug-likeness (QED) is 0.934. The van der Waals surface area contributed by atoms with Gasteiger partial charge < -0.3 is 5.32 Å². The SMILES string of the molecule is Cn1c(=O)n(C)c2cc(CNC(=O)C3CCCC3)ccc21. The van der Waals surface area contributed by atoms with Crippen molar-refractivity contribution in [3.8, 4) is 0 Å². The zero-order valence-corrected chi connectivity index (χ0v) is 12.6. The summed E-state index contributed by atoms with van der Waals surface area (Å²) in [5.41, 5.74) is 2.80. The van der Waals surface area contributed by atoms with Gasteiger partial charge in [0, 0.05) is 26.6 Å². The van der Waals surface area contributed by atoms with Crippen LogP contribution < -0.4 is 11.0 Å². The van der Waals surface area contributed by atoms with E-state index >= 15 is 0 Å². The second-order valence-corrected chi connectivity index (χ2v) is 5.92. The Kier molecular flexibility index (Phi) is 3.57. The second kappa shape index (κ2) is 5.39. The van der Waals surface area contributed by atoms with E-state index in [0.717, 1.165) is 42.3 Å². The molecule has 0 atom stereocenters. The molecule has 1 saturated carbocycles. The van der Waals surface area contributed by atoms with Crippen molar-refractivity contribution in [1.29, 1.82) is 0 Å². The minimum atomic E-state index is -0.0304. The molecular formula is C16H21N3O2. The lowest BCUT2D eigenvalue weighted by molar-refractivity contribution is -0.124. The lowest BCUT2D eigenvalue weighted by Gasteiger charge is -2.10. The van der Waals surface area contributed by atoms with Crippen LogP contribution in [0.3, 0.4) is 0 Å². The molecule has 5 heteroatoms. The van der Waals surface area contributed by atoms with Crippen LogP contribution in [0, 0.1) is 5.92 Å². The number of nitrogens with one attached hydrogen (secondary N) is 1. The molecule has 1 N–H and O–H groups in total. The van der Waals surface area contributed by atoms with Crippen molar-refractivity contribution in [1.82, 2.24) is 14.5 Å². The summed E-state index contributed by atoms with van der Waals surface area (Å²) in [7, 11) is 3.54. The Hall–Kier alpha value is -2.04. The molecule has 0 unspecified atom stereocenters. The monoisotopic (exact) mass is 287 g/mol. The third-order valence-electron chi connectivity index (χ3n) is 4.53. The maximum Gasteiger partial charge on any atom is 0.328 e. The highest BCUT2D eigenvalue weighted by Gasteiger charge is 2.22. The van der Waals surface area contributed by atoms with E-state index < -0.39 is 0 Å². The van der Waals surface area contributed by atoms with E-state index in [-0.39, 0.29) is 17.5 Å². The van der Waals surface area contributed by atoms with Crippen LogP contribution in [-0.2, 0) is 25.4 Å². The van der Waals surface area contributed by atoms with Gasteiger partial charge in [0.05, 0.1) is 11.0 Å². The normalized spacial score (nSPS) is 15.7. The summed E-state index contributed by atoms with van der Waals surface area (Å²) in [4.78, 5) is 23.9. The Morgan fingerprint density at radius 2 is 1.86 bits per heavy atom. The van der Waals surface area contributed by atoms with E-state index in [9.17, 15) is 9.59 Å². The Labute approximate surface area is 123 Å². The minimum Gasteiger partial charge on any atom is -0.352 e. The average Bonchev–Trinajstić information content (AvgIpc) is 3.10. The predicted molar refractivity (Wildman–Crippen MR) is 82.0 cm³/mol. The number of rotatable bonds is 3. The van der Waals surface area contributed by atoms with Gasteiger partial charge in [0.1, 0.15) is 0 Å². The van der Waals surface area contributed by atoms with Gasteiger partial charge >= 0.3 is 5.69 Å². The van der Waals surface area contributed by atoms with Crippen molar-refractivity contribution in [2.24, 2.45) is 20.0 Å². The molecule has 5 nitrogen and oxygen atoms in total. The van der Waals surface area contributed by atoms with Crippen LogP contribution >= 0.6 is 0 Å². The van der Waals surface area contributed by atoms with Gasteiger partial charge in [-0.1, -0.05) is 18.9 Å². The third-order valence-corrected chi connectivity index (χ3v) is 4.53. The Bertz CT molecular complexity index is 736. The Morgan fingerprint density at radius 3 is 2.57 bits per heavy atom. The number of imidazole rings is 1. The first-order chi connectivity index (χ1) is 10.1. The first-order valence-corrected chi connectivity index (χ1v) is 7.50. The van der Waals surface area contributed by atoms with Crippen LogP contribution in [0.5, 0.6) is 0 Å². The number of hydrogen-bond acceptors (Lipinski definition) is 2. The molecule has 0 spiro atoms. The van der Waals surface area contributed by atoms with Crippen molar-refractivity contribution < 1.29 is 4.79 Å². The molecule has 1 fully saturated rings. The number of fused-ring (bicyclic) bond motifs is 1. The van der Waals surface area contributed by atoms with E-state index in [2.05, 4.69) is 5.32 Å². The molecule has 21 heavy (non-hydrogen) atoms. The second-order valence-electron chi connectivity index (χ2n) is 5.92. The molecule has 1 heterocycles. The average molecular weight is 287 g/mol. The van der Waals surface area contributed by atoms with E-state index in [0.29, 0.717) is 6.54 Å². The summed E-state index contributed by atoms with van der Waals surface area (Å²) in [5.74, 6) is 0.351. The fourth-order valence-corrected chi connectivity index (χ4v) is 3.18. The van der Waals surface area contributed by atoms with Crippen LogP contribution in [0.1, 0.15) is 31.2 Å². The maximum absolute atomic E-state index is 12.0. The van der Waals surface area contributed by atoms with E-state index in [4.69, 9.17) is 0 Å². The van der Waals surface area contributed by atoms with Crippen LogP contribution in [-0.4, -0.2) is 15.0 Å². The van der Waals surface area contributed by atoms with Gasteiger partial charge in [0.25, 0.3) is 0 Å². The van der Waals surface area contributed by atoms with Gasteiger partial charge in [0.15, 0.2) is 0 Å². The molecule has 1 aromatic heterocycles. The van der Waals surface area contributed by atoms with Crippen LogP contribution in [0.4, 0.5) is 0 Å². The number of aryl methyl sites for hydroxylation is 2. The highest BCUT2D eigenvalue weighted by atomic mass is 16.2. The topological polar surface area (TPSA) is 56.0 Å². The van der Waals surface area contributed by atoms with Gasteiger partial charge in [-0.3, -0.25) is 13.9 Å². The van der Waals surface area contributed by atoms with Crippen molar-refractivity contribution in [3.63, 3.8) is 0 Å². The molecule has 112 valence electrons. The first kappa shape index (κ1) is 13.9. The molecule has 1 aliphatic rings. The molecule has 0 radical (unpaired) electrons. The zero-order chi connectivity index (χ0) is 15.0. The molecule has 1 aromatic carbocycles. The lowest BCUT2D eigenvalue weighted by atomic mass is 10.1. The molecular weight excluding hydrogens is 266 g/mol. The van der Waals surface area contributed by atoms with E-state index in [1.165, 1.54) is 0 Å². The van der Waals surface area contributed by atoms with Crippen molar-refractivity contribution >= 4 is 16.9 Å². The summed E-state index contributed by atoms with van der Waals surface area (Å²) >= 11 is 0. The number of carbonyl (C=O) groups is 1. The summed E-state index contributed by atoms with van der Waals surface area (Å²) in [5, 5.41) is 3.01. The Balaban J connectivity index is 1.77. The number of benzene rings is 1. The number of hydrogen-bond donors (Lipinski definition) is 1. The molecule has 3 rings (SSSR count). The van der Waals surface area contributed by atoms with Gasteiger partial charge in [-0.25, -0.2) is 4.79 Å². The number of amides is 1. The molecule has 0 saturated heterocycles. The zero-order valence-electron chi connectivity index (χ0n) is 12.6. The largest absolute Gasteiger partial charge is 0.352 e. The van der Waals surface area contributed by atoms with Gasteiger partial charge in [-0.05, 0) is 30.5 Å². The van der Waals surface area contributed by atoms with Crippen molar-refractivity contribution in [2.75, 3.05) is 0 Å². The summed E-state index contributed by atoms with van der Waals surface area (Å²) < 4.78 is 3.27. The van der Waals surface area contributed by atoms with E-state index in [1.807, 2.05) is 18.2 Å². The van der Waals surface area contributed by atoms with Crippen LogP contribution in [0.2, 0.25) is 0 Å². The Morgan fingerprint density at radius 1 is 1.19 bits per heavy atom. The lowest BCUT2D eigenvalue weighted by Crippen LogP contribution is -2.28.